The number of carbonyl (C=O) groups excluding carboxylic acids is 3. The highest BCUT2D eigenvalue weighted by Crippen LogP contribution is 2.69. The minimum Gasteiger partial charge on any atom is -0.469 e. The van der Waals surface area contributed by atoms with Gasteiger partial charge in [0.15, 0.2) is 13.1 Å². The van der Waals surface area contributed by atoms with Gasteiger partial charge >= 0.3 is 17.9 Å². The Morgan fingerprint density at radius 2 is 1.29 bits per heavy atom. The fourth-order valence-corrected chi connectivity index (χ4v) is 12.9. The van der Waals surface area contributed by atoms with Crippen LogP contribution < -0.4 is 0 Å². The molecule has 0 unspecified atom stereocenters. The Balaban J connectivity index is 1.20. The first-order chi connectivity index (χ1) is 23.3. The summed E-state index contributed by atoms with van der Waals surface area (Å²) in [7, 11) is 5.94. The third-order valence-electron chi connectivity index (χ3n) is 15.8. The van der Waals surface area contributed by atoms with Crippen LogP contribution in [-0.4, -0.2) is 99.6 Å². The number of rotatable bonds is 10. The Hall–Kier alpha value is -1.67. The van der Waals surface area contributed by atoms with Crippen molar-refractivity contribution in [2.75, 3.05) is 60.5 Å². The van der Waals surface area contributed by atoms with E-state index < -0.39 is 0 Å². The predicted molar refractivity (Wildman–Crippen MR) is 190 cm³/mol. The fourth-order valence-electron chi connectivity index (χ4n) is 12.9. The second-order valence-electron chi connectivity index (χ2n) is 19.0. The molecule has 6 fully saturated rings. The van der Waals surface area contributed by atoms with Crippen LogP contribution in [0.2, 0.25) is 0 Å². The van der Waals surface area contributed by atoms with Crippen molar-refractivity contribution in [3.05, 3.63) is 0 Å². The van der Waals surface area contributed by atoms with Gasteiger partial charge in [-0.2, -0.15) is 0 Å². The summed E-state index contributed by atoms with van der Waals surface area (Å²) in [5.74, 6) is 2.68. The summed E-state index contributed by atoms with van der Waals surface area (Å²) in [6.45, 7) is 12.6. The van der Waals surface area contributed by atoms with Crippen LogP contribution in [0.25, 0.3) is 0 Å². The monoisotopic (exact) mass is 687 g/mol. The first-order valence-electron chi connectivity index (χ1n) is 20.4. The van der Waals surface area contributed by atoms with Crippen LogP contribution in [0, 0.1) is 46.3 Å². The molecule has 0 spiro atoms. The number of nitrogens with zero attached hydrogens (tertiary/aromatic N) is 2. The number of methoxy groups -OCH3 is 1. The number of fused-ring (bicyclic) bond motifs is 5. The van der Waals surface area contributed by atoms with Crippen molar-refractivity contribution in [2.24, 2.45) is 46.3 Å². The molecule has 0 N–H and O–H groups in total. The van der Waals surface area contributed by atoms with E-state index >= 15 is 0 Å². The van der Waals surface area contributed by atoms with Crippen molar-refractivity contribution >= 4 is 17.9 Å². The van der Waals surface area contributed by atoms with Gasteiger partial charge in [0.25, 0.3) is 0 Å². The molecule has 2 saturated heterocycles. The first-order valence-corrected chi connectivity index (χ1v) is 20.4. The molecule has 278 valence electrons. The molecule has 0 aromatic heterocycles. The number of likely N-dealkylation sites (tertiary alicyclic amines) is 2. The molecule has 4 aliphatic carbocycles. The number of likely N-dealkylation sites (N-methyl/N-ethyl adjacent to an activating group) is 2. The van der Waals surface area contributed by atoms with Crippen LogP contribution in [0.3, 0.4) is 0 Å². The van der Waals surface area contributed by atoms with Crippen molar-refractivity contribution in [3.8, 4) is 0 Å². The normalized spacial score (nSPS) is 40.2. The van der Waals surface area contributed by atoms with Crippen LogP contribution >= 0.6 is 0 Å². The number of hydrogen-bond donors (Lipinski definition) is 0. The van der Waals surface area contributed by atoms with E-state index in [0.717, 1.165) is 67.2 Å². The standard InChI is InChI=1S/C41H70N2O6/c1-29(13-16-36(44)47-6)32-14-15-33-39-34(18-20-41(32,33)3)40(2)19-17-31(48-37(45)27-42(4)21-9-7-10-22-42)25-30(40)26-35(39)49-38(46)28-43(5)23-11-8-12-24-43/h29-35,39H,7-28H2,1-6H3/q+2/t29-,30+,31-,32-,33+,34+,35-,39+,40+,41-/m1/s1. The van der Waals surface area contributed by atoms with Gasteiger partial charge in [-0.3, -0.25) is 4.79 Å². The summed E-state index contributed by atoms with van der Waals surface area (Å²) < 4.78 is 19.7. The lowest BCUT2D eigenvalue weighted by atomic mass is 9.43. The van der Waals surface area contributed by atoms with E-state index in [4.69, 9.17) is 14.2 Å². The van der Waals surface area contributed by atoms with E-state index in [1.54, 1.807) is 0 Å². The molecule has 2 aliphatic heterocycles. The molecular weight excluding hydrogens is 616 g/mol. The minimum absolute atomic E-state index is 0.0118. The number of esters is 3. The van der Waals surface area contributed by atoms with Gasteiger partial charge in [0, 0.05) is 12.3 Å². The third-order valence-corrected chi connectivity index (χ3v) is 15.8. The molecule has 10 atom stereocenters. The Labute approximate surface area is 297 Å². The fraction of sp³-hybridized carbons (Fsp3) is 0.927. The van der Waals surface area contributed by atoms with Gasteiger partial charge in [0.1, 0.15) is 12.2 Å². The average molecular weight is 687 g/mol. The Morgan fingerprint density at radius 3 is 1.90 bits per heavy atom. The second-order valence-corrected chi connectivity index (χ2v) is 19.0. The van der Waals surface area contributed by atoms with E-state index in [0.29, 0.717) is 55.0 Å². The van der Waals surface area contributed by atoms with Crippen LogP contribution in [0.15, 0.2) is 0 Å². The maximum atomic E-state index is 13.9. The minimum atomic E-state index is -0.109. The van der Waals surface area contributed by atoms with Gasteiger partial charge in [-0.15, -0.1) is 0 Å². The summed E-state index contributed by atoms with van der Waals surface area (Å²) in [5, 5.41) is 0. The third kappa shape index (κ3) is 7.76. The van der Waals surface area contributed by atoms with Crippen molar-refractivity contribution in [1.29, 1.82) is 0 Å². The zero-order valence-corrected chi connectivity index (χ0v) is 32.0. The van der Waals surface area contributed by atoms with Crippen molar-refractivity contribution in [3.63, 3.8) is 0 Å². The highest BCUT2D eigenvalue weighted by Gasteiger charge is 2.64. The maximum absolute atomic E-state index is 13.9. The van der Waals surface area contributed by atoms with Crippen molar-refractivity contribution in [2.45, 2.75) is 136 Å². The smallest absolute Gasteiger partial charge is 0.362 e. The van der Waals surface area contributed by atoms with E-state index in [9.17, 15) is 14.4 Å². The quantitative estimate of drug-likeness (QED) is 0.141. The van der Waals surface area contributed by atoms with Gasteiger partial charge in [-0.1, -0.05) is 20.8 Å². The van der Waals surface area contributed by atoms with Gasteiger partial charge in [-0.05, 0) is 137 Å². The zero-order valence-electron chi connectivity index (χ0n) is 32.0. The molecule has 0 radical (unpaired) electrons. The van der Waals surface area contributed by atoms with E-state index in [1.165, 1.54) is 71.3 Å². The number of hydrogen-bond acceptors (Lipinski definition) is 6. The SMILES string of the molecule is COC(=O)CC[C@@H](C)[C@H]1CC[C@H]2[C@@H]3[C@H](OC(=O)C[N+]4(C)CCCCC4)C[C@@H]4C[C@H](OC(=O)C[N+]5(C)CCCCC5)CC[C@]4(C)[C@H]3CC[C@]12C. The molecule has 49 heavy (non-hydrogen) atoms. The molecule has 0 aromatic rings. The van der Waals surface area contributed by atoms with Crippen LogP contribution in [-0.2, 0) is 28.6 Å². The highest BCUT2D eigenvalue weighted by molar-refractivity contribution is 5.71. The van der Waals surface area contributed by atoms with Crippen LogP contribution in [0.4, 0.5) is 0 Å². The Kier molecular flexibility index (Phi) is 11.2. The molecule has 4 saturated carbocycles. The predicted octanol–water partition coefficient (Wildman–Crippen LogP) is 6.93. The summed E-state index contributed by atoms with van der Waals surface area (Å²) in [6.07, 6.45) is 17.1. The summed E-state index contributed by atoms with van der Waals surface area (Å²) in [4.78, 5) is 39.2. The Morgan fingerprint density at radius 1 is 0.714 bits per heavy atom. The highest BCUT2D eigenvalue weighted by atomic mass is 16.6. The zero-order chi connectivity index (χ0) is 35.0. The Bertz CT molecular complexity index is 1190. The largest absolute Gasteiger partial charge is 0.469 e. The number of piperidine rings is 2. The summed E-state index contributed by atoms with van der Waals surface area (Å²) in [5.41, 5.74) is 0.361. The maximum Gasteiger partial charge on any atom is 0.362 e. The van der Waals surface area contributed by atoms with E-state index in [1.807, 2.05) is 0 Å². The number of quaternary nitrogens is 2. The molecule has 0 aromatic carbocycles. The van der Waals surface area contributed by atoms with Crippen molar-refractivity contribution < 1.29 is 37.6 Å². The molecule has 0 amide bonds. The molecule has 6 aliphatic rings. The van der Waals surface area contributed by atoms with Gasteiger partial charge in [0.2, 0.25) is 0 Å². The lowest BCUT2D eigenvalue weighted by Gasteiger charge is -2.63. The molecule has 8 heteroatoms. The number of carbonyl (C=O) groups is 3. The first kappa shape index (κ1) is 37.1. The van der Waals surface area contributed by atoms with E-state index in [-0.39, 0.29) is 40.9 Å². The summed E-state index contributed by atoms with van der Waals surface area (Å²) >= 11 is 0. The molecule has 0 bridgehead atoms. The topological polar surface area (TPSA) is 78.9 Å². The summed E-state index contributed by atoms with van der Waals surface area (Å²) in [6, 6.07) is 0. The van der Waals surface area contributed by atoms with Crippen LogP contribution in [0.1, 0.15) is 124 Å². The average Bonchev–Trinajstić information content (AvgIpc) is 3.41. The lowest BCUT2D eigenvalue weighted by molar-refractivity contribution is -0.907. The van der Waals surface area contributed by atoms with E-state index in [2.05, 4.69) is 34.9 Å². The molecule has 2 heterocycles. The van der Waals surface area contributed by atoms with Gasteiger partial charge < -0.3 is 23.2 Å². The molecule has 8 nitrogen and oxygen atoms in total. The number of ether oxygens (including phenoxy) is 3. The van der Waals surface area contributed by atoms with Crippen molar-refractivity contribution in [1.82, 2.24) is 0 Å². The van der Waals surface area contributed by atoms with Gasteiger partial charge in [-0.25, -0.2) is 9.59 Å². The van der Waals surface area contributed by atoms with Gasteiger partial charge in [0.05, 0.1) is 47.4 Å². The van der Waals surface area contributed by atoms with Crippen LogP contribution in [0.5, 0.6) is 0 Å². The lowest BCUT2D eigenvalue weighted by Crippen LogP contribution is -2.60. The molecular formula is C41H70N2O6+2. The second kappa shape index (κ2) is 14.8. The molecule has 6 rings (SSSR count).